The Balaban J connectivity index is 3.20. The highest BCUT2D eigenvalue weighted by Gasteiger charge is 2.04. The molecule has 0 aliphatic rings. The molecule has 0 aliphatic carbocycles. The van der Waals surface area contributed by atoms with Crippen molar-refractivity contribution in [1.29, 1.82) is 0 Å². The third-order valence-electron chi connectivity index (χ3n) is 1.44. The van der Waals surface area contributed by atoms with Crippen LogP contribution in [0.2, 0.25) is 0 Å². The Labute approximate surface area is 68.9 Å². The van der Waals surface area contributed by atoms with Crippen molar-refractivity contribution in [1.82, 2.24) is 5.73 Å². The molecule has 0 aromatic rings. The largest absolute Gasteiger partial charge is 0.356 e. The van der Waals surface area contributed by atoms with E-state index in [9.17, 15) is 0 Å². The van der Waals surface area contributed by atoms with Gasteiger partial charge in [0, 0.05) is 26.7 Å². The number of ether oxygens (including phenoxy) is 2. The van der Waals surface area contributed by atoms with Gasteiger partial charge in [0.15, 0.2) is 6.29 Å². The van der Waals surface area contributed by atoms with Crippen LogP contribution in [0.3, 0.4) is 0 Å². The van der Waals surface area contributed by atoms with Crippen LogP contribution in [0.4, 0.5) is 0 Å². The summed E-state index contributed by atoms with van der Waals surface area (Å²) in [6.07, 6.45) is 2.70. The highest BCUT2D eigenvalue weighted by atomic mass is 16.7. The second kappa shape index (κ2) is 7.98. The second-order valence-electron chi connectivity index (χ2n) is 2.43. The van der Waals surface area contributed by atoms with E-state index in [-0.39, 0.29) is 6.29 Å². The summed E-state index contributed by atoms with van der Waals surface area (Å²) in [7, 11) is 1.62. The van der Waals surface area contributed by atoms with E-state index in [1.54, 1.807) is 7.11 Å². The van der Waals surface area contributed by atoms with E-state index in [1.165, 1.54) is 0 Å². The molecule has 1 unspecified atom stereocenters. The van der Waals surface area contributed by atoms with Crippen molar-refractivity contribution in [3.8, 4) is 0 Å². The number of hydrogen-bond acceptors (Lipinski definition) is 2. The Morgan fingerprint density at radius 1 is 1.45 bits per heavy atom. The number of methoxy groups -OCH3 is 1. The van der Waals surface area contributed by atoms with E-state index < -0.39 is 0 Å². The summed E-state index contributed by atoms with van der Waals surface area (Å²) in [5.74, 6) is 0. The first-order chi connectivity index (χ1) is 5.35. The highest BCUT2D eigenvalue weighted by Crippen LogP contribution is 1.99. The standard InChI is InChI=1S/C8H18NO2/c1-3-4-7-11-8(10-2)5-6-9/h8-9H,3-7H2,1-2H3. The zero-order valence-corrected chi connectivity index (χ0v) is 7.43. The van der Waals surface area contributed by atoms with Crippen LogP contribution in [-0.2, 0) is 9.47 Å². The summed E-state index contributed by atoms with van der Waals surface area (Å²) < 4.78 is 10.3. The van der Waals surface area contributed by atoms with Crippen molar-refractivity contribution in [3.63, 3.8) is 0 Å². The smallest absolute Gasteiger partial charge is 0.158 e. The van der Waals surface area contributed by atoms with Gasteiger partial charge >= 0.3 is 0 Å². The molecule has 1 atom stereocenters. The molecule has 0 fully saturated rings. The summed E-state index contributed by atoms with van der Waals surface area (Å²) in [5, 5.41) is 0. The van der Waals surface area contributed by atoms with E-state index in [0.29, 0.717) is 13.0 Å². The Morgan fingerprint density at radius 3 is 2.64 bits per heavy atom. The fraction of sp³-hybridized carbons (Fsp3) is 1.00. The Kier molecular flexibility index (Phi) is 7.89. The first kappa shape index (κ1) is 10.9. The fourth-order valence-corrected chi connectivity index (χ4v) is 0.746. The quantitative estimate of drug-likeness (QED) is 0.418. The van der Waals surface area contributed by atoms with Gasteiger partial charge in [-0.05, 0) is 6.42 Å². The summed E-state index contributed by atoms with van der Waals surface area (Å²) in [6.45, 7) is 3.23. The first-order valence-corrected chi connectivity index (χ1v) is 4.14. The zero-order chi connectivity index (χ0) is 8.53. The molecule has 0 amide bonds. The minimum Gasteiger partial charge on any atom is -0.356 e. The molecular weight excluding hydrogens is 142 g/mol. The average Bonchev–Trinajstić information content (AvgIpc) is 2.03. The predicted molar refractivity (Wildman–Crippen MR) is 44.2 cm³/mol. The third-order valence-corrected chi connectivity index (χ3v) is 1.44. The van der Waals surface area contributed by atoms with Crippen LogP contribution in [0.25, 0.3) is 0 Å². The molecule has 3 heteroatoms. The number of nitrogens with one attached hydrogen (secondary N) is 1. The van der Waals surface area contributed by atoms with Gasteiger partial charge in [-0.25, -0.2) is 0 Å². The fourth-order valence-electron chi connectivity index (χ4n) is 0.746. The van der Waals surface area contributed by atoms with Crippen molar-refractivity contribution in [2.45, 2.75) is 32.5 Å². The van der Waals surface area contributed by atoms with Crippen LogP contribution < -0.4 is 5.73 Å². The zero-order valence-electron chi connectivity index (χ0n) is 7.43. The van der Waals surface area contributed by atoms with Crippen molar-refractivity contribution >= 4 is 0 Å². The monoisotopic (exact) mass is 160 g/mol. The van der Waals surface area contributed by atoms with Crippen molar-refractivity contribution in [3.05, 3.63) is 0 Å². The lowest BCUT2D eigenvalue weighted by molar-refractivity contribution is -0.126. The molecule has 0 aromatic heterocycles. The van der Waals surface area contributed by atoms with Crippen molar-refractivity contribution in [2.75, 3.05) is 20.3 Å². The molecular formula is C8H18NO2. The molecule has 1 radical (unpaired) electrons. The molecule has 0 heterocycles. The maximum absolute atomic E-state index is 6.96. The number of unbranched alkanes of at least 4 members (excludes halogenated alkanes) is 1. The van der Waals surface area contributed by atoms with E-state index in [1.807, 2.05) is 0 Å². The maximum Gasteiger partial charge on any atom is 0.158 e. The van der Waals surface area contributed by atoms with E-state index in [2.05, 4.69) is 6.92 Å². The molecule has 0 aliphatic heterocycles. The summed E-state index contributed by atoms with van der Waals surface area (Å²) >= 11 is 0. The van der Waals surface area contributed by atoms with E-state index in [4.69, 9.17) is 15.2 Å². The molecule has 0 saturated carbocycles. The molecule has 67 valence electrons. The molecule has 3 nitrogen and oxygen atoms in total. The number of rotatable bonds is 7. The maximum atomic E-state index is 6.96. The summed E-state index contributed by atoms with van der Waals surface area (Å²) in [5.41, 5.74) is 6.96. The van der Waals surface area contributed by atoms with Crippen LogP contribution in [0.1, 0.15) is 26.2 Å². The summed E-state index contributed by atoms with van der Waals surface area (Å²) in [6, 6.07) is 0. The van der Waals surface area contributed by atoms with Gasteiger partial charge in [-0.1, -0.05) is 13.3 Å². The van der Waals surface area contributed by atoms with Crippen molar-refractivity contribution < 1.29 is 9.47 Å². The van der Waals surface area contributed by atoms with Crippen LogP contribution in [0.15, 0.2) is 0 Å². The molecule has 0 spiro atoms. The topological polar surface area (TPSA) is 42.3 Å². The van der Waals surface area contributed by atoms with E-state index >= 15 is 0 Å². The Bertz CT molecular complexity index is 78.5. The van der Waals surface area contributed by atoms with Crippen LogP contribution in [0, 0.1) is 0 Å². The lowest BCUT2D eigenvalue weighted by Gasteiger charge is -2.14. The predicted octanol–water partition coefficient (Wildman–Crippen LogP) is 1.45. The minimum atomic E-state index is -0.168. The van der Waals surface area contributed by atoms with Gasteiger partial charge in [0.1, 0.15) is 0 Å². The number of hydrogen-bond donors (Lipinski definition) is 0. The van der Waals surface area contributed by atoms with Gasteiger partial charge < -0.3 is 9.47 Å². The molecule has 0 aromatic carbocycles. The minimum absolute atomic E-state index is 0.168. The average molecular weight is 160 g/mol. The molecule has 11 heavy (non-hydrogen) atoms. The first-order valence-electron chi connectivity index (χ1n) is 4.14. The van der Waals surface area contributed by atoms with Gasteiger partial charge in [0.05, 0.1) is 0 Å². The van der Waals surface area contributed by atoms with Gasteiger partial charge in [0.2, 0.25) is 0 Å². The third kappa shape index (κ3) is 6.28. The Morgan fingerprint density at radius 2 is 2.18 bits per heavy atom. The van der Waals surface area contributed by atoms with Crippen molar-refractivity contribution in [2.24, 2.45) is 0 Å². The second-order valence-corrected chi connectivity index (χ2v) is 2.43. The van der Waals surface area contributed by atoms with Crippen LogP contribution in [-0.4, -0.2) is 26.6 Å². The van der Waals surface area contributed by atoms with Gasteiger partial charge in [0.25, 0.3) is 0 Å². The van der Waals surface area contributed by atoms with Gasteiger partial charge in [-0.2, -0.15) is 0 Å². The van der Waals surface area contributed by atoms with E-state index in [0.717, 1.165) is 19.4 Å². The SMILES string of the molecule is CCCCOC(CC[NH])OC. The highest BCUT2D eigenvalue weighted by molar-refractivity contribution is 4.44. The van der Waals surface area contributed by atoms with Crippen LogP contribution >= 0.6 is 0 Å². The lowest BCUT2D eigenvalue weighted by Crippen LogP contribution is -2.17. The van der Waals surface area contributed by atoms with Crippen LogP contribution in [0.5, 0.6) is 0 Å². The normalized spacial score (nSPS) is 13.4. The lowest BCUT2D eigenvalue weighted by atomic mass is 10.3. The molecule has 0 bridgehead atoms. The molecule has 0 rings (SSSR count). The Hall–Kier alpha value is -0.120. The summed E-state index contributed by atoms with van der Waals surface area (Å²) in [4.78, 5) is 0. The molecule has 0 saturated heterocycles. The molecule has 1 N–H and O–H groups in total. The van der Waals surface area contributed by atoms with Gasteiger partial charge in [-0.3, -0.25) is 5.73 Å². The van der Waals surface area contributed by atoms with Gasteiger partial charge in [-0.15, -0.1) is 0 Å².